The van der Waals surface area contributed by atoms with E-state index >= 15 is 0 Å². The Morgan fingerprint density at radius 2 is 2.22 bits per heavy atom. The van der Waals surface area contributed by atoms with Crippen LogP contribution in [0.2, 0.25) is 5.02 Å². The summed E-state index contributed by atoms with van der Waals surface area (Å²) >= 11 is 7.63. The van der Waals surface area contributed by atoms with Gasteiger partial charge in [-0.05, 0) is 36.1 Å². The molecule has 0 aliphatic heterocycles. The van der Waals surface area contributed by atoms with E-state index < -0.39 is 0 Å². The van der Waals surface area contributed by atoms with Crippen LogP contribution < -0.4 is 10.5 Å². The van der Waals surface area contributed by atoms with Gasteiger partial charge in [-0.2, -0.15) is 0 Å². The van der Waals surface area contributed by atoms with Crippen molar-refractivity contribution in [3.05, 3.63) is 51.2 Å². The highest BCUT2D eigenvalue weighted by Gasteiger charge is 2.11. The second kappa shape index (κ2) is 6.23. The molecule has 1 aromatic heterocycles. The van der Waals surface area contributed by atoms with Gasteiger partial charge in [0.1, 0.15) is 5.75 Å². The van der Waals surface area contributed by atoms with E-state index in [9.17, 15) is 0 Å². The Morgan fingerprint density at radius 3 is 2.89 bits per heavy atom. The number of nitrogens with two attached hydrogens (primary N) is 1. The van der Waals surface area contributed by atoms with Crippen LogP contribution in [0.25, 0.3) is 0 Å². The molecule has 2 N–H and O–H groups in total. The van der Waals surface area contributed by atoms with Crippen molar-refractivity contribution in [1.29, 1.82) is 0 Å². The normalized spacial score (nSPS) is 12.4. The number of thiophene rings is 1. The molecule has 1 unspecified atom stereocenters. The van der Waals surface area contributed by atoms with E-state index in [0.29, 0.717) is 6.61 Å². The van der Waals surface area contributed by atoms with E-state index in [1.54, 1.807) is 11.3 Å². The van der Waals surface area contributed by atoms with Gasteiger partial charge in [-0.3, -0.25) is 0 Å². The lowest BCUT2D eigenvalue weighted by molar-refractivity contribution is 0.299. The largest absolute Gasteiger partial charge is 0.494 e. The number of rotatable bonds is 5. The van der Waals surface area contributed by atoms with Crippen LogP contribution in [-0.2, 0) is 0 Å². The molecule has 0 radical (unpaired) electrons. The van der Waals surface area contributed by atoms with Gasteiger partial charge in [0.2, 0.25) is 0 Å². The molecule has 2 nitrogen and oxygen atoms in total. The number of benzene rings is 1. The summed E-state index contributed by atoms with van der Waals surface area (Å²) in [6.45, 7) is 2.64. The minimum Gasteiger partial charge on any atom is -0.494 e. The first-order valence-corrected chi connectivity index (χ1v) is 7.10. The lowest BCUT2D eigenvalue weighted by atomic mass is 10.2. The molecule has 18 heavy (non-hydrogen) atoms. The zero-order valence-corrected chi connectivity index (χ0v) is 11.8. The maximum Gasteiger partial charge on any atom is 0.119 e. The third-order valence-electron chi connectivity index (χ3n) is 2.67. The van der Waals surface area contributed by atoms with E-state index in [4.69, 9.17) is 22.1 Å². The summed E-state index contributed by atoms with van der Waals surface area (Å²) < 4.78 is 5.68. The van der Waals surface area contributed by atoms with Crippen LogP contribution in [0.3, 0.4) is 0 Å². The highest BCUT2D eigenvalue weighted by atomic mass is 35.5. The standard InChI is InChI=1S/C14H16ClNOS/c1-10-3-2-4-11(9-10)17-7-5-13(16)14-12(15)6-8-18-14/h2-4,6,8-9,13H,5,7,16H2,1H3. The van der Waals surface area contributed by atoms with Crippen molar-refractivity contribution in [2.24, 2.45) is 5.73 Å². The summed E-state index contributed by atoms with van der Waals surface area (Å²) in [5, 5.41) is 2.71. The number of aryl methyl sites for hydroxylation is 1. The number of hydrogen-bond acceptors (Lipinski definition) is 3. The second-order valence-corrected chi connectivity index (χ2v) is 5.55. The van der Waals surface area contributed by atoms with Crippen LogP contribution in [0.4, 0.5) is 0 Å². The van der Waals surface area contributed by atoms with Crippen LogP contribution in [0.15, 0.2) is 35.7 Å². The molecule has 0 spiro atoms. The molecule has 0 aliphatic carbocycles. The van der Waals surface area contributed by atoms with Crippen molar-refractivity contribution in [3.63, 3.8) is 0 Å². The van der Waals surface area contributed by atoms with Gasteiger partial charge in [-0.15, -0.1) is 11.3 Å². The molecule has 0 aliphatic rings. The van der Waals surface area contributed by atoms with Crippen LogP contribution in [0.1, 0.15) is 22.9 Å². The Labute approximate surface area is 116 Å². The maximum atomic E-state index is 6.08. The molecule has 1 aromatic carbocycles. The zero-order chi connectivity index (χ0) is 13.0. The number of hydrogen-bond donors (Lipinski definition) is 1. The van der Waals surface area contributed by atoms with E-state index in [1.165, 1.54) is 5.56 Å². The molecule has 1 heterocycles. The van der Waals surface area contributed by atoms with Crippen molar-refractivity contribution in [2.45, 2.75) is 19.4 Å². The lowest BCUT2D eigenvalue weighted by Crippen LogP contribution is -2.13. The first kappa shape index (κ1) is 13.4. The lowest BCUT2D eigenvalue weighted by Gasteiger charge is -2.12. The first-order chi connectivity index (χ1) is 8.66. The monoisotopic (exact) mass is 281 g/mol. The predicted molar refractivity (Wildman–Crippen MR) is 77.5 cm³/mol. The summed E-state index contributed by atoms with van der Waals surface area (Å²) in [4.78, 5) is 1.03. The minimum atomic E-state index is -0.0534. The molecule has 0 bridgehead atoms. The van der Waals surface area contributed by atoms with Crippen molar-refractivity contribution in [2.75, 3.05) is 6.61 Å². The average Bonchev–Trinajstić information content (AvgIpc) is 2.75. The van der Waals surface area contributed by atoms with Crippen LogP contribution in [0.5, 0.6) is 5.75 Å². The van der Waals surface area contributed by atoms with Gasteiger partial charge < -0.3 is 10.5 Å². The van der Waals surface area contributed by atoms with Crippen molar-refractivity contribution < 1.29 is 4.74 Å². The Balaban J connectivity index is 1.84. The maximum absolute atomic E-state index is 6.08. The second-order valence-electron chi connectivity index (χ2n) is 4.19. The Kier molecular flexibility index (Phi) is 4.64. The molecular formula is C14H16ClNOS. The Bertz CT molecular complexity index is 512. The summed E-state index contributed by atoms with van der Waals surface area (Å²) in [6.07, 6.45) is 0.758. The van der Waals surface area contributed by atoms with E-state index in [2.05, 4.69) is 0 Å². The van der Waals surface area contributed by atoms with E-state index in [-0.39, 0.29) is 6.04 Å². The highest BCUT2D eigenvalue weighted by Crippen LogP contribution is 2.29. The number of ether oxygens (including phenoxy) is 1. The first-order valence-electron chi connectivity index (χ1n) is 5.85. The molecular weight excluding hydrogens is 266 g/mol. The molecule has 1 atom stereocenters. The smallest absolute Gasteiger partial charge is 0.119 e. The Morgan fingerprint density at radius 1 is 1.39 bits per heavy atom. The average molecular weight is 282 g/mol. The molecule has 2 aromatic rings. The fraction of sp³-hybridized carbons (Fsp3) is 0.286. The molecule has 2 rings (SSSR count). The minimum absolute atomic E-state index is 0.0534. The SMILES string of the molecule is Cc1cccc(OCCC(N)c2sccc2Cl)c1. The van der Waals surface area contributed by atoms with Gasteiger partial charge in [-0.1, -0.05) is 23.7 Å². The van der Waals surface area contributed by atoms with Gasteiger partial charge in [0, 0.05) is 17.3 Å². The molecule has 0 saturated heterocycles. The fourth-order valence-corrected chi connectivity index (χ4v) is 2.95. The van der Waals surface area contributed by atoms with Gasteiger partial charge >= 0.3 is 0 Å². The van der Waals surface area contributed by atoms with Gasteiger partial charge in [0.05, 0.1) is 11.6 Å². The molecule has 0 saturated carbocycles. The predicted octanol–water partition coefficient (Wildman–Crippen LogP) is 4.18. The van der Waals surface area contributed by atoms with E-state index in [1.807, 2.05) is 42.6 Å². The van der Waals surface area contributed by atoms with Crippen molar-refractivity contribution in [3.8, 4) is 5.75 Å². The summed E-state index contributed by atoms with van der Waals surface area (Å²) in [7, 11) is 0. The molecule has 96 valence electrons. The van der Waals surface area contributed by atoms with Gasteiger partial charge in [0.25, 0.3) is 0 Å². The highest BCUT2D eigenvalue weighted by molar-refractivity contribution is 7.10. The van der Waals surface area contributed by atoms with Gasteiger partial charge in [-0.25, -0.2) is 0 Å². The number of halogens is 1. The topological polar surface area (TPSA) is 35.2 Å². The van der Waals surface area contributed by atoms with Crippen LogP contribution in [-0.4, -0.2) is 6.61 Å². The third-order valence-corrected chi connectivity index (χ3v) is 4.16. The van der Waals surface area contributed by atoms with Crippen molar-refractivity contribution in [1.82, 2.24) is 0 Å². The summed E-state index contributed by atoms with van der Waals surface area (Å²) in [5.74, 6) is 0.888. The van der Waals surface area contributed by atoms with Crippen molar-refractivity contribution >= 4 is 22.9 Å². The summed E-state index contributed by atoms with van der Waals surface area (Å²) in [5.41, 5.74) is 7.27. The van der Waals surface area contributed by atoms with Gasteiger partial charge in [0.15, 0.2) is 0 Å². The van der Waals surface area contributed by atoms with Crippen LogP contribution >= 0.6 is 22.9 Å². The fourth-order valence-electron chi connectivity index (χ4n) is 1.71. The molecule has 0 fully saturated rings. The van der Waals surface area contributed by atoms with Crippen LogP contribution in [0, 0.1) is 6.92 Å². The summed E-state index contributed by atoms with van der Waals surface area (Å²) in [6, 6.07) is 9.83. The quantitative estimate of drug-likeness (QED) is 0.892. The molecule has 4 heteroatoms. The third kappa shape index (κ3) is 3.48. The Hall–Kier alpha value is -1.03. The van der Waals surface area contributed by atoms with E-state index in [0.717, 1.165) is 22.1 Å². The zero-order valence-electron chi connectivity index (χ0n) is 10.2. The molecule has 0 amide bonds.